The number of carbonyl (C=O) groups is 2. The molecule has 1 fully saturated rings. The molecule has 0 atom stereocenters. The van der Waals surface area contributed by atoms with Gasteiger partial charge in [0.2, 0.25) is 5.91 Å². The molecule has 0 spiro atoms. The van der Waals surface area contributed by atoms with Gasteiger partial charge in [0.1, 0.15) is 5.75 Å². The van der Waals surface area contributed by atoms with Gasteiger partial charge in [-0.15, -0.1) is 0 Å². The highest BCUT2D eigenvalue weighted by molar-refractivity contribution is 5.95. The number of amides is 2. The first kappa shape index (κ1) is 15.2. The van der Waals surface area contributed by atoms with Crippen molar-refractivity contribution in [3.8, 4) is 5.75 Å². The summed E-state index contributed by atoms with van der Waals surface area (Å²) in [5.74, 6) is 0.0617. The first-order valence-electron chi connectivity index (χ1n) is 7.04. The van der Waals surface area contributed by atoms with Crippen LogP contribution in [0.3, 0.4) is 0 Å². The van der Waals surface area contributed by atoms with Gasteiger partial charge in [-0.25, -0.2) is 0 Å². The van der Waals surface area contributed by atoms with Crippen LogP contribution in [0.5, 0.6) is 5.75 Å². The third kappa shape index (κ3) is 3.87. The summed E-state index contributed by atoms with van der Waals surface area (Å²) < 4.78 is 5.10. The van der Waals surface area contributed by atoms with Crippen LogP contribution in [-0.4, -0.2) is 25.0 Å². The fourth-order valence-corrected chi connectivity index (χ4v) is 2.66. The molecule has 21 heavy (non-hydrogen) atoms. The molecule has 2 amide bonds. The Morgan fingerprint density at radius 1 is 1.19 bits per heavy atom. The molecule has 6 heteroatoms. The van der Waals surface area contributed by atoms with Crippen molar-refractivity contribution in [1.29, 1.82) is 0 Å². The number of anilines is 1. The maximum Gasteiger partial charge on any atom is 0.251 e. The molecule has 1 aromatic carbocycles. The highest BCUT2D eigenvalue weighted by Crippen LogP contribution is 2.24. The average Bonchev–Trinajstić information content (AvgIpc) is 2.47. The third-order valence-electron chi connectivity index (χ3n) is 3.89. The van der Waals surface area contributed by atoms with Crippen molar-refractivity contribution in [3.63, 3.8) is 0 Å². The zero-order valence-corrected chi connectivity index (χ0v) is 12.1. The van der Waals surface area contributed by atoms with Crippen LogP contribution in [0.25, 0.3) is 0 Å². The molecule has 0 bridgehead atoms. The summed E-state index contributed by atoms with van der Waals surface area (Å²) in [6.07, 6.45) is 2.97. The third-order valence-corrected chi connectivity index (χ3v) is 3.89. The molecule has 0 aliphatic heterocycles. The van der Waals surface area contributed by atoms with E-state index in [9.17, 15) is 9.59 Å². The Morgan fingerprint density at radius 2 is 1.86 bits per heavy atom. The number of rotatable bonds is 4. The Balaban J connectivity index is 1.96. The van der Waals surface area contributed by atoms with Crippen molar-refractivity contribution in [3.05, 3.63) is 23.8 Å². The Morgan fingerprint density at radius 3 is 2.43 bits per heavy atom. The second-order valence-electron chi connectivity index (χ2n) is 5.42. The van der Waals surface area contributed by atoms with Crippen molar-refractivity contribution < 1.29 is 14.3 Å². The fraction of sp³-hybridized carbons (Fsp3) is 0.467. The summed E-state index contributed by atoms with van der Waals surface area (Å²) in [7, 11) is 1.53. The molecule has 0 heterocycles. The van der Waals surface area contributed by atoms with E-state index in [2.05, 4.69) is 5.32 Å². The number of carbonyl (C=O) groups excluding carboxylic acids is 2. The molecule has 5 N–H and O–H groups in total. The molecule has 0 radical (unpaired) electrons. The maximum atomic E-state index is 12.2. The van der Waals surface area contributed by atoms with E-state index in [1.807, 2.05) is 0 Å². The van der Waals surface area contributed by atoms with Crippen molar-refractivity contribution in [2.24, 2.45) is 11.7 Å². The summed E-state index contributed by atoms with van der Waals surface area (Å²) in [6.45, 7) is 0. The molecule has 1 aliphatic rings. The van der Waals surface area contributed by atoms with Gasteiger partial charge in [-0.3, -0.25) is 9.59 Å². The lowest BCUT2D eigenvalue weighted by Gasteiger charge is -2.27. The number of benzene rings is 1. The van der Waals surface area contributed by atoms with E-state index in [0.717, 1.165) is 25.7 Å². The zero-order chi connectivity index (χ0) is 15.4. The standard InChI is InChI=1S/C15H21N3O3/c1-21-13-7-10(6-11(16)8-13)15(20)18-12-4-2-9(3-5-12)14(17)19/h6-9,12H,2-5,16H2,1H3,(H2,17,19)(H,18,20). The molecular weight excluding hydrogens is 270 g/mol. The summed E-state index contributed by atoms with van der Waals surface area (Å²) in [4.78, 5) is 23.4. The molecular formula is C15H21N3O3. The Labute approximate surface area is 123 Å². The minimum Gasteiger partial charge on any atom is -0.497 e. The first-order valence-corrected chi connectivity index (χ1v) is 7.04. The van der Waals surface area contributed by atoms with E-state index in [1.54, 1.807) is 18.2 Å². The van der Waals surface area contributed by atoms with Crippen LogP contribution in [0.1, 0.15) is 36.0 Å². The van der Waals surface area contributed by atoms with Crippen LogP contribution in [0.2, 0.25) is 0 Å². The van der Waals surface area contributed by atoms with Crippen molar-refractivity contribution in [2.75, 3.05) is 12.8 Å². The van der Waals surface area contributed by atoms with Gasteiger partial charge in [0.25, 0.3) is 5.91 Å². The van der Waals surface area contributed by atoms with Crippen molar-refractivity contribution >= 4 is 17.5 Å². The van der Waals surface area contributed by atoms with E-state index < -0.39 is 0 Å². The van der Waals surface area contributed by atoms with E-state index in [4.69, 9.17) is 16.2 Å². The molecule has 0 aromatic heterocycles. The van der Waals surface area contributed by atoms with Gasteiger partial charge in [0.05, 0.1) is 7.11 Å². The van der Waals surface area contributed by atoms with Gasteiger partial charge in [-0.2, -0.15) is 0 Å². The van der Waals surface area contributed by atoms with Crippen molar-refractivity contribution in [1.82, 2.24) is 5.32 Å². The monoisotopic (exact) mass is 291 g/mol. The van der Waals surface area contributed by atoms with E-state index in [1.165, 1.54) is 7.11 Å². The molecule has 6 nitrogen and oxygen atoms in total. The highest BCUT2D eigenvalue weighted by atomic mass is 16.5. The number of nitrogens with one attached hydrogen (secondary N) is 1. The molecule has 1 aromatic rings. The van der Waals surface area contributed by atoms with Crippen LogP contribution in [0, 0.1) is 5.92 Å². The van der Waals surface area contributed by atoms with Gasteiger partial charge < -0.3 is 21.5 Å². The van der Waals surface area contributed by atoms with Crippen LogP contribution in [-0.2, 0) is 4.79 Å². The number of methoxy groups -OCH3 is 1. The normalized spacial score (nSPS) is 21.6. The number of nitrogen functional groups attached to an aromatic ring is 1. The van der Waals surface area contributed by atoms with E-state index >= 15 is 0 Å². The lowest BCUT2D eigenvalue weighted by molar-refractivity contribution is -0.122. The summed E-state index contributed by atoms with van der Waals surface area (Å²) in [5.41, 5.74) is 12.0. The number of hydrogen-bond acceptors (Lipinski definition) is 4. The van der Waals surface area contributed by atoms with Crippen LogP contribution < -0.4 is 21.5 Å². The van der Waals surface area contributed by atoms with E-state index in [-0.39, 0.29) is 23.8 Å². The lowest BCUT2D eigenvalue weighted by Crippen LogP contribution is -2.39. The quantitative estimate of drug-likeness (QED) is 0.721. The second kappa shape index (κ2) is 6.47. The van der Waals surface area contributed by atoms with Crippen LogP contribution in [0.4, 0.5) is 5.69 Å². The summed E-state index contributed by atoms with van der Waals surface area (Å²) in [5, 5.41) is 2.97. The summed E-state index contributed by atoms with van der Waals surface area (Å²) in [6, 6.07) is 5.00. The number of nitrogens with two attached hydrogens (primary N) is 2. The fourth-order valence-electron chi connectivity index (χ4n) is 2.66. The minimum atomic E-state index is -0.250. The topological polar surface area (TPSA) is 107 Å². The second-order valence-corrected chi connectivity index (χ2v) is 5.42. The number of hydrogen-bond donors (Lipinski definition) is 3. The Bertz CT molecular complexity index is 537. The lowest BCUT2D eigenvalue weighted by atomic mass is 9.85. The maximum absolute atomic E-state index is 12.2. The molecule has 1 saturated carbocycles. The van der Waals surface area contributed by atoms with Crippen LogP contribution in [0.15, 0.2) is 18.2 Å². The van der Waals surface area contributed by atoms with Gasteiger partial charge in [0, 0.05) is 29.3 Å². The van der Waals surface area contributed by atoms with Gasteiger partial charge >= 0.3 is 0 Å². The zero-order valence-electron chi connectivity index (χ0n) is 12.1. The SMILES string of the molecule is COc1cc(N)cc(C(=O)NC2CCC(C(N)=O)CC2)c1. The number of ether oxygens (including phenoxy) is 1. The minimum absolute atomic E-state index is 0.0642. The molecule has 0 unspecified atom stereocenters. The predicted molar refractivity (Wildman–Crippen MR) is 79.8 cm³/mol. The van der Waals surface area contributed by atoms with Crippen molar-refractivity contribution in [2.45, 2.75) is 31.7 Å². The smallest absolute Gasteiger partial charge is 0.251 e. The van der Waals surface area contributed by atoms with Gasteiger partial charge in [-0.05, 0) is 37.8 Å². The molecule has 2 rings (SSSR count). The van der Waals surface area contributed by atoms with E-state index in [0.29, 0.717) is 17.0 Å². The average molecular weight is 291 g/mol. The molecule has 0 saturated heterocycles. The summed E-state index contributed by atoms with van der Waals surface area (Å²) >= 11 is 0. The first-order chi connectivity index (χ1) is 9.99. The molecule has 114 valence electrons. The Kier molecular flexibility index (Phi) is 4.67. The Hall–Kier alpha value is -2.24. The molecule has 1 aliphatic carbocycles. The number of primary amides is 1. The predicted octanol–water partition coefficient (Wildman–Crippen LogP) is 1.05. The largest absolute Gasteiger partial charge is 0.497 e. The van der Waals surface area contributed by atoms with Crippen LogP contribution >= 0.6 is 0 Å². The van der Waals surface area contributed by atoms with Gasteiger partial charge in [-0.1, -0.05) is 0 Å². The van der Waals surface area contributed by atoms with Gasteiger partial charge in [0.15, 0.2) is 0 Å². The highest BCUT2D eigenvalue weighted by Gasteiger charge is 2.25.